The second-order valence-electron chi connectivity index (χ2n) is 5.39. The van der Waals surface area contributed by atoms with E-state index >= 15 is 0 Å². The Morgan fingerprint density at radius 2 is 2.17 bits per heavy atom. The fourth-order valence-electron chi connectivity index (χ4n) is 2.71. The maximum absolute atomic E-state index is 8.92. The third-order valence-electron chi connectivity index (χ3n) is 3.80. The number of nitriles is 1. The van der Waals surface area contributed by atoms with E-state index in [-0.39, 0.29) is 0 Å². The summed E-state index contributed by atoms with van der Waals surface area (Å²) in [5, 5.41) is 12.4. The van der Waals surface area contributed by atoms with Crippen LogP contribution in [0.3, 0.4) is 0 Å². The highest BCUT2D eigenvalue weighted by Crippen LogP contribution is 2.30. The number of rotatable bonds is 2. The van der Waals surface area contributed by atoms with E-state index in [0.29, 0.717) is 23.3 Å². The Labute approximate surface area is 108 Å². The summed E-state index contributed by atoms with van der Waals surface area (Å²) in [6, 6.07) is 6.05. The number of nitrogen functional groups attached to an aromatic ring is 1. The number of hydrogen-bond donors (Lipinski definition) is 2. The molecule has 0 aromatic carbocycles. The first kappa shape index (κ1) is 12.7. The van der Waals surface area contributed by atoms with Crippen LogP contribution >= 0.6 is 0 Å². The summed E-state index contributed by atoms with van der Waals surface area (Å²) >= 11 is 0. The minimum atomic E-state index is 0.303. The third kappa shape index (κ3) is 2.73. The van der Waals surface area contributed by atoms with Gasteiger partial charge in [0.15, 0.2) is 5.69 Å². The van der Waals surface area contributed by atoms with Gasteiger partial charge < -0.3 is 11.1 Å². The normalized spacial score (nSPS) is 27.5. The van der Waals surface area contributed by atoms with Gasteiger partial charge in [-0.25, -0.2) is 4.98 Å². The Morgan fingerprint density at radius 1 is 1.39 bits per heavy atom. The van der Waals surface area contributed by atoms with Crippen molar-refractivity contribution in [1.82, 2.24) is 4.98 Å². The summed E-state index contributed by atoms with van der Waals surface area (Å²) in [6.07, 6.45) is 3.66. The van der Waals surface area contributed by atoms with E-state index in [0.717, 1.165) is 18.2 Å². The van der Waals surface area contributed by atoms with Crippen molar-refractivity contribution >= 4 is 11.5 Å². The van der Waals surface area contributed by atoms with Gasteiger partial charge in [-0.1, -0.05) is 13.8 Å². The first-order chi connectivity index (χ1) is 8.60. The van der Waals surface area contributed by atoms with Crippen LogP contribution < -0.4 is 11.1 Å². The zero-order chi connectivity index (χ0) is 13.1. The molecule has 4 heteroatoms. The summed E-state index contributed by atoms with van der Waals surface area (Å²) < 4.78 is 0. The smallest absolute Gasteiger partial charge is 0.165 e. The first-order valence-electron chi connectivity index (χ1n) is 6.53. The first-order valence-corrected chi connectivity index (χ1v) is 6.53. The zero-order valence-corrected chi connectivity index (χ0v) is 11.0. The molecule has 18 heavy (non-hydrogen) atoms. The molecule has 0 radical (unpaired) electrons. The lowest BCUT2D eigenvalue weighted by Crippen LogP contribution is -2.33. The third-order valence-corrected chi connectivity index (χ3v) is 3.80. The second kappa shape index (κ2) is 5.26. The molecule has 96 valence electrons. The molecule has 1 fully saturated rings. The molecule has 0 spiro atoms. The maximum Gasteiger partial charge on any atom is 0.165 e. The fraction of sp³-hybridized carbons (Fsp3) is 0.571. The van der Waals surface area contributed by atoms with Gasteiger partial charge in [-0.3, -0.25) is 0 Å². The Balaban J connectivity index is 2.08. The van der Waals surface area contributed by atoms with Gasteiger partial charge in [0, 0.05) is 6.04 Å². The lowest BCUT2D eigenvalue weighted by Gasteiger charge is -2.33. The van der Waals surface area contributed by atoms with Gasteiger partial charge in [0.05, 0.1) is 5.69 Å². The Bertz CT molecular complexity index is 463. The van der Waals surface area contributed by atoms with Crippen molar-refractivity contribution in [3.63, 3.8) is 0 Å². The summed E-state index contributed by atoms with van der Waals surface area (Å²) in [5.41, 5.74) is 6.41. The highest BCUT2D eigenvalue weighted by Gasteiger charge is 2.25. The van der Waals surface area contributed by atoms with Crippen LogP contribution in [0.15, 0.2) is 12.1 Å². The molecule has 1 aromatic rings. The molecule has 1 saturated carbocycles. The van der Waals surface area contributed by atoms with Crippen LogP contribution in [0.1, 0.15) is 38.8 Å². The van der Waals surface area contributed by atoms with E-state index in [1.54, 1.807) is 6.07 Å². The maximum atomic E-state index is 8.92. The van der Waals surface area contributed by atoms with Crippen molar-refractivity contribution in [3.05, 3.63) is 17.8 Å². The number of nitrogens with two attached hydrogens (primary N) is 1. The standard InChI is InChI=1S/C14H20N4/c1-9-3-5-12(10(2)7-9)17-14-6-4-11(16)13(8-15)18-14/h4,6,9-10,12H,3,5,7,16H2,1-2H3,(H,17,18). The number of nitrogens with one attached hydrogen (secondary N) is 1. The van der Waals surface area contributed by atoms with E-state index in [2.05, 4.69) is 24.1 Å². The van der Waals surface area contributed by atoms with E-state index in [1.165, 1.54) is 12.8 Å². The number of pyridine rings is 1. The highest BCUT2D eigenvalue weighted by atomic mass is 15.0. The molecule has 3 unspecified atom stereocenters. The molecule has 0 aliphatic heterocycles. The SMILES string of the molecule is CC1CCC(Nc2ccc(N)c(C#N)n2)C(C)C1. The minimum absolute atomic E-state index is 0.303. The van der Waals surface area contributed by atoms with Crippen molar-refractivity contribution in [1.29, 1.82) is 5.26 Å². The number of hydrogen-bond acceptors (Lipinski definition) is 4. The van der Waals surface area contributed by atoms with Gasteiger partial charge in [0.2, 0.25) is 0 Å². The molecule has 1 aliphatic carbocycles. The van der Waals surface area contributed by atoms with Gasteiger partial charge in [0.25, 0.3) is 0 Å². The average molecular weight is 244 g/mol. The van der Waals surface area contributed by atoms with Gasteiger partial charge in [0.1, 0.15) is 11.9 Å². The summed E-state index contributed by atoms with van der Waals surface area (Å²) in [4.78, 5) is 4.24. The quantitative estimate of drug-likeness (QED) is 0.838. The number of nitrogens with zero attached hydrogens (tertiary/aromatic N) is 2. The lowest BCUT2D eigenvalue weighted by atomic mass is 9.80. The van der Waals surface area contributed by atoms with E-state index in [4.69, 9.17) is 11.0 Å². The molecule has 0 amide bonds. The second-order valence-corrected chi connectivity index (χ2v) is 5.39. The van der Waals surface area contributed by atoms with Crippen LogP contribution in [-0.2, 0) is 0 Å². The Morgan fingerprint density at radius 3 is 2.83 bits per heavy atom. The molecule has 1 aliphatic rings. The lowest BCUT2D eigenvalue weighted by molar-refractivity contribution is 0.276. The molecule has 1 aromatic heterocycles. The largest absolute Gasteiger partial charge is 0.396 e. The molecule has 0 saturated heterocycles. The van der Waals surface area contributed by atoms with Gasteiger partial charge in [-0.15, -0.1) is 0 Å². The zero-order valence-electron chi connectivity index (χ0n) is 11.0. The van der Waals surface area contributed by atoms with Crippen molar-refractivity contribution in [2.45, 2.75) is 39.2 Å². The van der Waals surface area contributed by atoms with Gasteiger partial charge in [-0.05, 0) is 43.2 Å². The van der Waals surface area contributed by atoms with Crippen LogP contribution in [0.2, 0.25) is 0 Å². The highest BCUT2D eigenvalue weighted by molar-refractivity contribution is 5.54. The summed E-state index contributed by atoms with van der Waals surface area (Å²) in [7, 11) is 0. The van der Waals surface area contributed by atoms with Crippen LogP contribution in [-0.4, -0.2) is 11.0 Å². The van der Waals surface area contributed by atoms with Crippen molar-refractivity contribution in [3.8, 4) is 6.07 Å². The number of aromatic nitrogens is 1. The van der Waals surface area contributed by atoms with Gasteiger partial charge >= 0.3 is 0 Å². The molecule has 1 heterocycles. The topological polar surface area (TPSA) is 74.7 Å². The molecule has 3 N–H and O–H groups in total. The van der Waals surface area contributed by atoms with Crippen LogP contribution in [0.4, 0.5) is 11.5 Å². The van der Waals surface area contributed by atoms with Crippen LogP contribution in [0.5, 0.6) is 0 Å². The summed E-state index contributed by atoms with van der Waals surface area (Å²) in [5.74, 6) is 2.21. The minimum Gasteiger partial charge on any atom is -0.396 e. The monoisotopic (exact) mass is 244 g/mol. The Hall–Kier alpha value is -1.76. The predicted molar refractivity (Wildman–Crippen MR) is 73.0 cm³/mol. The van der Waals surface area contributed by atoms with Crippen molar-refractivity contribution in [2.75, 3.05) is 11.1 Å². The average Bonchev–Trinajstić information content (AvgIpc) is 2.35. The molecule has 3 atom stereocenters. The number of anilines is 2. The van der Waals surface area contributed by atoms with E-state index in [9.17, 15) is 0 Å². The molecular formula is C14H20N4. The predicted octanol–water partition coefficient (Wildman–Crippen LogP) is 2.77. The molecular weight excluding hydrogens is 224 g/mol. The van der Waals surface area contributed by atoms with E-state index < -0.39 is 0 Å². The molecule has 0 bridgehead atoms. The Kier molecular flexibility index (Phi) is 3.71. The fourth-order valence-corrected chi connectivity index (χ4v) is 2.71. The molecule has 4 nitrogen and oxygen atoms in total. The van der Waals surface area contributed by atoms with Crippen molar-refractivity contribution in [2.24, 2.45) is 11.8 Å². The van der Waals surface area contributed by atoms with Gasteiger partial charge in [-0.2, -0.15) is 5.26 Å². The summed E-state index contributed by atoms with van der Waals surface area (Å²) in [6.45, 7) is 4.58. The van der Waals surface area contributed by atoms with E-state index in [1.807, 2.05) is 12.1 Å². The van der Waals surface area contributed by atoms with Crippen molar-refractivity contribution < 1.29 is 0 Å². The van der Waals surface area contributed by atoms with Crippen LogP contribution in [0, 0.1) is 23.2 Å². The van der Waals surface area contributed by atoms with Crippen LogP contribution in [0.25, 0.3) is 0 Å². The molecule has 2 rings (SSSR count).